The largest absolute Gasteiger partial charge is 0.496 e. The highest BCUT2D eigenvalue weighted by Crippen LogP contribution is 2.38. The lowest BCUT2D eigenvalue weighted by atomic mass is 9.98. The molecule has 0 aliphatic heterocycles. The molecule has 0 aliphatic rings. The number of hydrogen-bond acceptors (Lipinski definition) is 7. The molecule has 31 heavy (non-hydrogen) atoms. The van der Waals surface area contributed by atoms with Gasteiger partial charge in [0.25, 0.3) is 0 Å². The molecule has 0 aliphatic carbocycles. The smallest absolute Gasteiger partial charge is 0.244 e. The van der Waals surface area contributed by atoms with Crippen molar-refractivity contribution < 1.29 is 23.9 Å². The third-order valence-electron chi connectivity index (χ3n) is 5.26. The Morgan fingerprint density at radius 2 is 1.84 bits per heavy atom. The summed E-state index contributed by atoms with van der Waals surface area (Å²) in [6.45, 7) is 5.46. The zero-order valence-corrected chi connectivity index (χ0v) is 18.2. The topological polar surface area (TPSA) is 120 Å². The number of aliphatic hydroxyl groups is 1. The number of hydrogen-bond donors (Lipinski definition) is 3. The minimum Gasteiger partial charge on any atom is -0.496 e. The van der Waals surface area contributed by atoms with Crippen LogP contribution in [0.4, 0.5) is 5.69 Å². The Balaban J connectivity index is 2.03. The van der Waals surface area contributed by atoms with Crippen LogP contribution in [0, 0.1) is 13.8 Å². The van der Waals surface area contributed by atoms with Crippen molar-refractivity contribution in [1.82, 2.24) is 5.16 Å². The second kappa shape index (κ2) is 9.20. The van der Waals surface area contributed by atoms with Crippen molar-refractivity contribution >= 4 is 11.6 Å². The molecular formula is C23H27N3O5. The van der Waals surface area contributed by atoms with E-state index in [2.05, 4.69) is 10.5 Å². The first-order valence-electron chi connectivity index (χ1n) is 9.80. The number of carbonyl (C=O) groups is 1. The molecule has 0 radical (unpaired) electrons. The van der Waals surface area contributed by atoms with Crippen LogP contribution in [0.1, 0.15) is 18.1 Å². The molecule has 1 heterocycles. The molecule has 164 valence electrons. The Morgan fingerprint density at radius 3 is 2.48 bits per heavy atom. The summed E-state index contributed by atoms with van der Waals surface area (Å²) in [6.07, 6.45) is 0.630. The number of aryl methyl sites for hydroxylation is 1. The second-order valence-corrected chi connectivity index (χ2v) is 7.36. The van der Waals surface area contributed by atoms with Crippen molar-refractivity contribution in [3.8, 4) is 33.9 Å². The predicted octanol–water partition coefficient (Wildman–Crippen LogP) is 3.29. The van der Waals surface area contributed by atoms with E-state index in [1.165, 1.54) is 14.0 Å². The highest BCUT2D eigenvalue weighted by atomic mass is 16.5. The van der Waals surface area contributed by atoms with Crippen molar-refractivity contribution in [2.45, 2.75) is 32.9 Å². The Hall–Kier alpha value is -3.36. The summed E-state index contributed by atoms with van der Waals surface area (Å²) in [4.78, 5) is 12.4. The molecular weight excluding hydrogens is 398 g/mol. The summed E-state index contributed by atoms with van der Waals surface area (Å²) in [7, 11) is 3.13. The first kappa shape index (κ1) is 22.3. The van der Waals surface area contributed by atoms with Gasteiger partial charge in [-0.25, -0.2) is 0 Å². The van der Waals surface area contributed by atoms with Gasteiger partial charge in [-0.2, -0.15) is 0 Å². The number of anilines is 1. The molecule has 4 N–H and O–H groups in total. The van der Waals surface area contributed by atoms with Gasteiger partial charge in [0.15, 0.2) is 5.76 Å². The highest BCUT2D eigenvalue weighted by Gasteiger charge is 2.21. The Kier molecular flexibility index (Phi) is 6.62. The molecule has 8 nitrogen and oxygen atoms in total. The lowest BCUT2D eigenvalue weighted by molar-refractivity contribution is -0.119. The Morgan fingerprint density at radius 1 is 1.13 bits per heavy atom. The monoisotopic (exact) mass is 425 g/mol. The van der Waals surface area contributed by atoms with Crippen molar-refractivity contribution in [3.63, 3.8) is 0 Å². The number of carbonyl (C=O) groups excluding carboxylic acids is 1. The third kappa shape index (κ3) is 4.55. The van der Waals surface area contributed by atoms with Gasteiger partial charge in [-0.05, 0) is 61.7 Å². The average molecular weight is 425 g/mol. The molecule has 1 aromatic heterocycles. The average Bonchev–Trinajstić information content (AvgIpc) is 3.24. The maximum atomic E-state index is 12.4. The van der Waals surface area contributed by atoms with Gasteiger partial charge >= 0.3 is 0 Å². The first-order valence-corrected chi connectivity index (χ1v) is 9.80. The molecule has 3 aromatic rings. The normalized spacial score (nSPS) is 12.9. The van der Waals surface area contributed by atoms with Crippen LogP contribution in [-0.2, 0) is 4.79 Å². The minimum absolute atomic E-state index is 0.422. The van der Waals surface area contributed by atoms with Gasteiger partial charge in [-0.3, -0.25) is 4.79 Å². The molecule has 0 saturated carbocycles. The SMILES string of the molecule is COc1ccc(-c2cnoc2-c2cc(C)c(C)c(OC)c2)cc1NC(=O)C(N)C(C)O. The van der Waals surface area contributed by atoms with Crippen LogP contribution >= 0.6 is 0 Å². The van der Waals surface area contributed by atoms with Crippen LogP contribution in [0.15, 0.2) is 41.1 Å². The number of rotatable bonds is 7. The third-order valence-corrected chi connectivity index (χ3v) is 5.26. The molecule has 2 aromatic carbocycles. The number of methoxy groups -OCH3 is 2. The molecule has 0 bridgehead atoms. The van der Waals surface area contributed by atoms with Crippen LogP contribution in [0.5, 0.6) is 11.5 Å². The number of nitrogens with one attached hydrogen (secondary N) is 1. The van der Waals surface area contributed by atoms with Gasteiger partial charge in [0.1, 0.15) is 17.5 Å². The fourth-order valence-corrected chi connectivity index (χ4v) is 3.23. The van der Waals surface area contributed by atoms with Gasteiger partial charge in [0, 0.05) is 11.1 Å². The lowest BCUT2D eigenvalue weighted by Crippen LogP contribution is -2.43. The van der Waals surface area contributed by atoms with Gasteiger partial charge in [-0.1, -0.05) is 11.2 Å². The van der Waals surface area contributed by atoms with E-state index in [0.29, 0.717) is 17.2 Å². The number of aliphatic hydroxyl groups excluding tert-OH is 1. The summed E-state index contributed by atoms with van der Waals surface area (Å²) in [5.74, 6) is 1.27. The van der Waals surface area contributed by atoms with E-state index in [1.54, 1.807) is 25.4 Å². The molecule has 2 atom stereocenters. The van der Waals surface area contributed by atoms with E-state index in [-0.39, 0.29) is 0 Å². The maximum Gasteiger partial charge on any atom is 0.244 e. The Labute approximate surface area is 181 Å². The number of amides is 1. The minimum atomic E-state index is -1.07. The van der Waals surface area contributed by atoms with Crippen LogP contribution in [0.25, 0.3) is 22.5 Å². The summed E-state index contributed by atoms with van der Waals surface area (Å²) in [5, 5.41) is 16.3. The molecule has 0 spiro atoms. The quantitative estimate of drug-likeness (QED) is 0.531. The fourth-order valence-electron chi connectivity index (χ4n) is 3.23. The Bertz CT molecular complexity index is 1090. The number of aromatic nitrogens is 1. The van der Waals surface area contributed by atoms with Gasteiger partial charge in [-0.15, -0.1) is 0 Å². The van der Waals surface area contributed by atoms with E-state index in [1.807, 2.05) is 32.0 Å². The van der Waals surface area contributed by atoms with Crippen LogP contribution in [0.3, 0.4) is 0 Å². The van der Waals surface area contributed by atoms with Gasteiger partial charge < -0.3 is 30.2 Å². The van der Waals surface area contributed by atoms with Crippen molar-refractivity contribution in [3.05, 3.63) is 47.7 Å². The summed E-state index contributed by atoms with van der Waals surface area (Å²) in [6, 6.07) is 8.17. The number of benzene rings is 2. The molecule has 1 amide bonds. The van der Waals surface area contributed by atoms with E-state index in [0.717, 1.165) is 33.6 Å². The standard InChI is InChI=1S/C23H27N3O5/c1-12-8-16(10-20(30-5)13(12)2)22-17(11-25-31-22)15-6-7-19(29-4)18(9-15)26-23(28)21(24)14(3)27/h6-11,14,21,27H,24H2,1-5H3,(H,26,28). The number of nitrogens with zero attached hydrogens (tertiary/aromatic N) is 1. The zero-order valence-electron chi connectivity index (χ0n) is 18.2. The highest BCUT2D eigenvalue weighted by molar-refractivity contribution is 5.97. The van der Waals surface area contributed by atoms with Gasteiger partial charge in [0.2, 0.25) is 5.91 Å². The fraction of sp³-hybridized carbons (Fsp3) is 0.304. The molecule has 3 rings (SSSR count). The molecule has 0 fully saturated rings. The first-order chi connectivity index (χ1) is 14.8. The zero-order chi connectivity index (χ0) is 22.7. The summed E-state index contributed by atoms with van der Waals surface area (Å²) >= 11 is 0. The predicted molar refractivity (Wildman–Crippen MR) is 118 cm³/mol. The lowest BCUT2D eigenvalue weighted by Gasteiger charge is -2.17. The number of nitrogens with two attached hydrogens (primary N) is 1. The van der Waals surface area contributed by atoms with E-state index < -0.39 is 18.1 Å². The van der Waals surface area contributed by atoms with Crippen LogP contribution in [0.2, 0.25) is 0 Å². The maximum absolute atomic E-state index is 12.4. The molecule has 0 saturated heterocycles. The van der Waals surface area contributed by atoms with E-state index in [9.17, 15) is 9.90 Å². The van der Waals surface area contributed by atoms with Crippen molar-refractivity contribution in [2.24, 2.45) is 5.73 Å². The van der Waals surface area contributed by atoms with Gasteiger partial charge in [0.05, 0.1) is 32.2 Å². The molecule has 8 heteroatoms. The molecule has 2 unspecified atom stereocenters. The van der Waals surface area contributed by atoms with Crippen LogP contribution in [-0.4, -0.2) is 42.5 Å². The van der Waals surface area contributed by atoms with Crippen molar-refractivity contribution in [1.29, 1.82) is 0 Å². The number of ether oxygens (including phenoxy) is 2. The second-order valence-electron chi connectivity index (χ2n) is 7.36. The van der Waals surface area contributed by atoms with Crippen molar-refractivity contribution in [2.75, 3.05) is 19.5 Å². The summed E-state index contributed by atoms with van der Waals surface area (Å²) < 4.78 is 16.4. The van der Waals surface area contributed by atoms with E-state index in [4.69, 9.17) is 19.7 Å². The van der Waals surface area contributed by atoms with Crippen LogP contribution < -0.4 is 20.5 Å². The van der Waals surface area contributed by atoms with E-state index >= 15 is 0 Å². The summed E-state index contributed by atoms with van der Waals surface area (Å²) in [5.41, 5.74) is 10.6.